The molecule has 3 N–H and O–H groups in total. The Balaban J connectivity index is 2.54. The number of ether oxygens (including phenoxy) is 2. The number of hydrogen-bond donors (Lipinski definition) is 2. The molecule has 0 saturated carbocycles. The average Bonchev–Trinajstić information content (AvgIpc) is 2.29. The molecule has 0 aliphatic carbocycles. The number of benzene rings is 1. The van der Waals surface area contributed by atoms with E-state index in [9.17, 15) is 0 Å². The number of hydrogen-bond acceptors (Lipinski definition) is 3. The summed E-state index contributed by atoms with van der Waals surface area (Å²) in [7, 11) is 3.25. The van der Waals surface area contributed by atoms with E-state index in [1.54, 1.807) is 14.2 Å². The lowest BCUT2D eigenvalue weighted by Crippen LogP contribution is -2.23. The fourth-order valence-electron chi connectivity index (χ4n) is 1.15. The van der Waals surface area contributed by atoms with Gasteiger partial charge in [0.2, 0.25) is 0 Å². The number of aliphatic imine (C=N–C) groups is 1. The molecule has 5 heteroatoms. The van der Waals surface area contributed by atoms with Crippen LogP contribution in [-0.2, 0) is 4.74 Å². The summed E-state index contributed by atoms with van der Waals surface area (Å²) >= 11 is 0. The fraction of sp³-hybridized carbons (Fsp3) is 0.364. The molecule has 0 aliphatic rings. The van der Waals surface area contributed by atoms with Gasteiger partial charge in [-0.25, -0.2) is 0 Å². The second kappa shape index (κ2) is 6.68. The summed E-state index contributed by atoms with van der Waals surface area (Å²) in [6, 6.07) is 7.48. The van der Waals surface area contributed by atoms with Crippen molar-refractivity contribution >= 4 is 11.6 Å². The summed E-state index contributed by atoms with van der Waals surface area (Å²) in [5.74, 6) is 1.14. The Labute approximate surface area is 95.3 Å². The van der Waals surface area contributed by atoms with Crippen LogP contribution in [-0.4, -0.2) is 33.3 Å². The predicted molar refractivity (Wildman–Crippen MR) is 65.0 cm³/mol. The van der Waals surface area contributed by atoms with Gasteiger partial charge in [0, 0.05) is 18.9 Å². The Morgan fingerprint density at radius 1 is 1.44 bits per heavy atom. The quantitative estimate of drug-likeness (QED) is 0.445. The summed E-state index contributed by atoms with van der Waals surface area (Å²) < 4.78 is 9.96. The second-order valence-corrected chi connectivity index (χ2v) is 3.12. The summed E-state index contributed by atoms with van der Waals surface area (Å²) in [6.07, 6.45) is 0. The highest BCUT2D eigenvalue weighted by Crippen LogP contribution is 2.16. The minimum atomic E-state index is 0.366. The van der Waals surface area contributed by atoms with Crippen molar-refractivity contribution in [3.05, 3.63) is 24.3 Å². The van der Waals surface area contributed by atoms with Crippen molar-refractivity contribution in [2.75, 3.05) is 32.7 Å². The maximum absolute atomic E-state index is 5.68. The maximum atomic E-state index is 5.68. The zero-order chi connectivity index (χ0) is 11.8. The lowest BCUT2D eigenvalue weighted by atomic mass is 10.3. The number of anilines is 1. The predicted octanol–water partition coefficient (Wildman–Crippen LogP) is 1.07. The van der Waals surface area contributed by atoms with Crippen molar-refractivity contribution in [3.8, 4) is 5.75 Å². The molecule has 0 fully saturated rings. The number of nitrogens with one attached hydrogen (secondary N) is 1. The van der Waals surface area contributed by atoms with Gasteiger partial charge in [0.25, 0.3) is 0 Å². The van der Waals surface area contributed by atoms with Gasteiger partial charge < -0.3 is 20.5 Å². The zero-order valence-corrected chi connectivity index (χ0v) is 9.56. The first-order valence-electron chi connectivity index (χ1n) is 4.96. The third-order valence-electron chi connectivity index (χ3n) is 1.92. The van der Waals surface area contributed by atoms with E-state index in [0.717, 1.165) is 11.4 Å². The summed E-state index contributed by atoms with van der Waals surface area (Å²) in [6.45, 7) is 1.10. The van der Waals surface area contributed by atoms with Crippen LogP contribution in [0.5, 0.6) is 5.75 Å². The molecule has 1 aromatic rings. The number of methoxy groups -OCH3 is 2. The summed E-state index contributed by atoms with van der Waals surface area (Å²) in [5.41, 5.74) is 6.53. The Bertz CT molecular complexity index is 353. The van der Waals surface area contributed by atoms with E-state index in [1.807, 2.05) is 24.3 Å². The molecule has 0 heterocycles. The lowest BCUT2D eigenvalue weighted by Gasteiger charge is -2.07. The second-order valence-electron chi connectivity index (χ2n) is 3.12. The van der Waals surface area contributed by atoms with E-state index in [0.29, 0.717) is 19.1 Å². The highest BCUT2D eigenvalue weighted by molar-refractivity contribution is 5.92. The summed E-state index contributed by atoms with van der Waals surface area (Å²) in [4.78, 5) is 4.08. The molecule has 0 amide bonds. The van der Waals surface area contributed by atoms with Crippen LogP contribution in [0.1, 0.15) is 0 Å². The van der Waals surface area contributed by atoms with E-state index < -0.39 is 0 Å². The minimum absolute atomic E-state index is 0.366. The molecule has 0 aromatic heterocycles. The Hall–Kier alpha value is -1.75. The molecule has 5 nitrogen and oxygen atoms in total. The van der Waals surface area contributed by atoms with Crippen molar-refractivity contribution in [2.45, 2.75) is 0 Å². The van der Waals surface area contributed by atoms with Gasteiger partial charge in [-0.15, -0.1) is 0 Å². The van der Waals surface area contributed by atoms with E-state index in [1.165, 1.54) is 0 Å². The van der Waals surface area contributed by atoms with Gasteiger partial charge in [-0.1, -0.05) is 6.07 Å². The molecule has 0 aliphatic heterocycles. The van der Waals surface area contributed by atoms with Crippen LogP contribution < -0.4 is 15.8 Å². The molecular weight excluding hydrogens is 206 g/mol. The van der Waals surface area contributed by atoms with Gasteiger partial charge in [-0.2, -0.15) is 0 Å². The highest BCUT2D eigenvalue weighted by Gasteiger charge is 1.96. The van der Waals surface area contributed by atoms with Gasteiger partial charge in [-0.05, 0) is 12.1 Å². The van der Waals surface area contributed by atoms with Gasteiger partial charge in [0.15, 0.2) is 5.96 Å². The van der Waals surface area contributed by atoms with Crippen molar-refractivity contribution in [1.29, 1.82) is 0 Å². The van der Waals surface area contributed by atoms with Crippen LogP contribution in [0.3, 0.4) is 0 Å². The van der Waals surface area contributed by atoms with E-state index >= 15 is 0 Å². The minimum Gasteiger partial charge on any atom is -0.497 e. The third-order valence-corrected chi connectivity index (χ3v) is 1.92. The normalized spacial score (nSPS) is 11.2. The maximum Gasteiger partial charge on any atom is 0.193 e. The molecule has 0 spiro atoms. The summed E-state index contributed by atoms with van der Waals surface area (Å²) in [5, 5.41) is 2.97. The Morgan fingerprint density at radius 2 is 2.25 bits per heavy atom. The van der Waals surface area contributed by atoms with Crippen LogP contribution >= 0.6 is 0 Å². The van der Waals surface area contributed by atoms with Crippen molar-refractivity contribution in [1.82, 2.24) is 0 Å². The van der Waals surface area contributed by atoms with Gasteiger partial charge in [0.05, 0.1) is 20.3 Å². The fourth-order valence-corrected chi connectivity index (χ4v) is 1.15. The number of rotatable bonds is 5. The van der Waals surface area contributed by atoms with Crippen molar-refractivity contribution in [3.63, 3.8) is 0 Å². The topological polar surface area (TPSA) is 68.9 Å². The van der Waals surface area contributed by atoms with E-state index in [4.69, 9.17) is 15.2 Å². The molecule has 88 valence electrons. The molecule has 1 aromatic carbocycles. The monoisotopic (exact) mass is 223 g/mol. The molecule has 16 heavy (non-hydrogen) atoms. The van der Waals surface area contributed by atoms with Gasteiger partial charge in [-0.3, -0.25) is 4.99 Å². The van der Waals surface area contributed by atoms with Gasteiger partial charge in [0.1, 0.15) is 5.75 Å². The van der Waals surface area contributed by atoms with Crippen molar-refractivity contribution < 1.29 is 9.47 Å². The van der Waals surface area contributed by atoms with Crippen LogP contribution in [0.4, 0.5) is 5.69 Å². The first-order valence-corrected chi connectivity index (χ1v) is 4.96. The molecule has 0 atom stereocenters. The van der Waals surface area contributed by atoms with Crippen LogP contribution in [0.2, 0.25) is 0 Å². The van der Waals surface area contributed by atoms with Crippen LogP contribution in [0.15, 0.2) is 29.3 Å². The molecular formula is C11H17N3O2. The van der Waals surface area contributed by atoms with Crippen LogP contribution in [0, 0.1) is 0 Å². The van der Waals surface area contributed by atoms with E-state index in [2.05, 4.69) is 10.3 Å². The molecule has 0 radical (unpaired) electrons. The highest BCUT2D eigenvalue weighted by atomic mass is 16.5. The van der Waals surface area contributed by atoms with E-state index in [-0.39, 0.29) is 0 Å². The van der Waals surface area contributed by atoms with Gasteiger partial charge >= 0.3 is 0 Å². The molecule has 0 bridgehead atoms. The average molecular weight is 223 g/mol. The van der Waals surface area contributed by atoms with Crippen molar-refractivity contribution in [2.24, 2.45) is 10.7 Å². The standard InChI is InChI=1S/C11H17N3O2/c1-15-7-6-13-11(12)14-9-4-3-5-10(8-9)16-2/h3-5,8H,6-7H2,1-2H3,(H3,12,13,14). The first kappa shape index (κ1) is 12.3. The van der Waals surface area contributed by atoms with Crippen LogP contribution in [0.25, 0.3) is 0 Å². The first-order chi connectivity index (χ1) is 7.76. The Morgan fingerprint density at radius 3 is 2.94 bits per heavy atom. The molecule has 0 saturated heterocycles. The number of nitrogens with two attached hydrogens (primary N) is 1. The Kier molecular flexibility index (Phi) is 5.15. The smallest absolute Gasteiger partial charge is 0.193 e. The lowest BCUT2D eigenvalue weighted by molar-refractivity contribution is 0.208. The molecule has 0 unspecified atom stereocenters. The largest absolute Gasteiger partial charge is 0.497 e. The molecule has 1 rings (SSSR count). The SMILES string of the molecule is COCCN=C(N)Nc1cccc(OC)c1. The number of nitrogens with zero attached hydrogens (tertiary/aromatic N) is 1. The number of guanidine groups is 1. The zero-order valence-electron chi connectivity index (χ0n) is 9.56. The third kappa shape index (κ3) is 4.18.